The van der Waals surface area contributed by atoms with E-state index in [1.54, 1.807) is 0 Å². The third-order valence-corrected chi connectivity index (χ3v) is 14.1. The summed E-state index contributed by atoms with van der Waals surface area (Å²) >= 11 is 0. The Balaban J connectivity index is 1.35. The Kier molecular flexibility index (Phi) is 8.94. The molecule has 41 heavy (non-hydrogen) atoms. The smallest absolute Gasteiger partial charge is 0.160 e. The molecular weight excluding hydrogens is 512 g/mol. The molecule has 0 aromatic heterocycles. The van der Waals surface area contributed by atoms with Gasteiger partial charge in [0.05, 0.1) is 31.0 Å². The number of aliphatic hydroxyl groups is 3. The average molecular weight is 575 g/mol. The zero-order valence-electron chi connectivity index (χ0n) is 27.5. The van der Waals surface area contributed by atoms with Gasteiger partial charge in [-0.2, -0.15) is 0 Å². The predicted molar refractivity (Wildman–Crippen MR) is 164 cm³/mol. The van der Waals surface area contributed by atoms with Crippen LogP contribution >= 0.6 is 0 Å². The summed E-state index contributed by atoms with van der Waals surface area (Å²) in [5.74, 6) is 2.71. The molecule has 236 valence electrons. The zero-order valence-corrected chi connectivity index (χ0v) is 27.5. The third-order valence-electron chi connectivity index (χ3n) is 14.1. The maximum absolute atomic E-state index is 12.0. The lowest BCUT2D eigenvalue weighted by Crippen LogP contribution is -2.66. The quantitative estimate of drug-likeness (QED) is 0.220. The first-order chi connectivity index (χ1) is 19.2. The highest BCUT2D eigenvalue weighted by atomic mass is 16.7. The van der Waals surface area contributed by atoms with E-state index in [1.807, 2.05) is 0 Å². The van der Waals surface area contributed by atoms with E-state index in [-0.39, 0.29) is 46.6 Å². The highest BCUT2D eigenvalue weighted by molar-refractivity contribution is 5.19. The molecule has 1 heterocycles. The highest BCUT2D eigenvalue weighted by Crippen LogP contribution is 2.75. The van der Waals surface area contributed by atoms with Crippen molar-refractivity contribution in [3.63, 3.8) is 0 Å². The van der Waals surface area contributed by atoms with Gasteiger partial charge in [-0.05, 0) is 123 Å². The first-order valence-corrected chi connectivity index (χ1v) is 17.1. The largest absolute Gasteiger partial charge is 0.394 e. The normalized spacial score (nSPS) is 49.9. The molecule has 2 unspecified atom stereocenters. The second kappa shape index (κ2) is 11.5. The van der Waals surface area contributed by atoms with Crippen LogP contribution in [0.15, 0.2) is 11.6 Å². The van der Waals surface area contributed by atoms with Crippen LogP contribution < -0.4 is 0 Å². The van der Waals surface area contributed by atoms with Gasteiger partial charge in [0, 0.05) is 12.8 Å². The number of aliphatic hydroxyl groups excluding tert-OH is 3. The van der Waals surface area contributed by atoms with Crippen LogP contribution in [0, 0.1) is 51.2 Å². The van der Waals surface area contributed by atoms with E-state index in [9.17, 15) is 15.3 Å². The summed E-state index contributed by atoms with van der Waals surface area (Å²) in [6.45, 7) is 19.3. The Bertz CT molecular complexity index is 958. The topological polar surface area (TPSA) is 79.2 Å². The molecule has 0 spiro atoms. The molecule has 5 heteroatoms. The number of allylic oxidation sites excluding steroid dienone is 2. The van der Waals surface area contributed by atoms with Gasteiger partial charge in [0.2, 0.25) is 0 Å². The summed E-state index contributed by atoms with van der Waals surface area (Å²) < 4.78 is 12.7. The maximum atomic E-state index is 12.0. The van der Waals surface area contributed by atoms with Crippen LogP contribution in [-0.4, -0.2) is 52.6 Å². The molecule has 1 saturated heterocycles. The van der Waals surface area contributed by atoms with E-state index in [0.717, 1.165) is 25.7 Å². The Labute approximate surface area is 250 Å². The van der Waals surface area contributed by atoms with E-state index in [2.05, 4.69) is 61.5 Å². The molecule has 4 saturated carbocycles. The maximum Gasteiger partial charge on any atom is 0.160 e. The number of hydrogen-bond acceptors (Lipinski definition) is 5. The van der Waals surface area contributed by atoms with Gasteiger partial charge in [-0.25, -0.2) is 0 Å². The first-order valence-electron chi connectivity index (χ1n) is 17.1. The third kappa shape index (κ3) is 5.30. The number of ether oxygens (including phenoxy) is 2. The minimum absolute atomic E-state index is 0.0326. The number of rotatable bonds is 7. The molecule has 0 amide bonds. The van der Waals surface area contributed by atoms with E-state index in [0.29, 0.717) is 42.4 Å². The van der Waals surface area contributed by atoms with Crippen molar-refractivity contribution in [1.29, 1.82) is 0 Å². The standard InChI is InChI=1S/C36H62O5/c1-22(2)10-9-11-23(3)26-12-16-36(8)32(26)27(39)20-29-34(6)15-14-30(33(4,5)28(34)13-17-35(29,36)7)41-31-19-24(38)18-25(21-37)40-31/h10,23-32,37-39H,9,11-21H2,1-8H3/t23-,24-,25-,26+,27+,28?,29?,30-,31-,32-,34-,35+,36+/m0/s1. The molecule has 0 radical (unpaired) electrons. The van der Waals surface area contributed by atoms with Crippen LogP contribution in [0.25, 0.3) is 0 Å². The Hall–Kier alpha value is -0.460. The van der Waals surface area contributed by atoms with Gasteiger partial charge >= 0.3 is 0 Å². The van der Waals surface area contributed by atoms with Gasteiger partial charge in [0.25, 0.3) is 0 Å². The molecule has 4 aliphatic carbocycles. The van der Waals surface area contributed by atoms with E-state index in [4.69, 9.17) is 9.47 Å². The summed E-state index contributed by atoms with van der Waals surface area (Å²) in [4.78, 5) is 0. The van der Waals surface area contributed by atoms with Gasteiger partial charge in [-0.1, -0.05) is 53.2 Å². The molecule has 0 bridgehead atoms. The van der Waals surface area contributed by atoms with Gasteiger partial charge in [-0.3, -0.25) is 0 Å². The molecule has 5 fully saturated rings. The van der Waals surface area contributed by atoms with Crippen LogP contribution in [0.4, 0.5) is 0 Å². The monoisotopic (exact) mass is 574 g/mol. The minimum atomic E-state index is -0.485. The van der Waals surface area contributed by atoms with E-state index < -0.39 is 12.4 Å². The van der Waals surface area contributed by atoms with Gasteiger partial charge in [0.15, 0.2) is 6.29 Å². The summed E-state index contributed by atoms with van der Waals surface area (Å²) in [6.07, 6.45) is 12.3. The number of hydrogen-bond donors (Lipinski definition) is 3. The fourth-order valence-electron chi connectivity index (χ4n) is 11.9. The van der Waals surface area contributed by atoms with E-state index in [1.165, 1.54) is 37.7 Å². The fraction of sp³-hybridized carbons (Fsp3) is 0.944. The molecule has 5 nitrogen and oxygen atoms in total. The predicted octanol–water partition coefficient (Wildman–Crippen LogP) is 7.27. The lowest BCUT2D eigenvalue weighted by molar-refractivity contribution is -0.288. The molecule has 13 atom stereocenters. The van der Waals surface area contributed by atoms with Crippen LogP contribution in [0.3, 0.4) is 0 Å². The van der Waals surface area contributed by atoms with Crippen LogP contribution in [0.5, 0.6) is 0 Å². The van der Waals surface area contributed by atoms with Crippen LogP contribution in [0.2, 0.25) is 0 Å². The molecular formula is C36H62O5. The molecule has 1 aliphatic heterocycles. The molecule has 5 rings (SSSR count). The van der Waals surface area contributed by atoms with E-state index >= 15 is 0 Å². The lowest BCUT2D eigenvalue weighted by Gasteiger charge is -2.70. The Morgan fingerprint density at radius 3 is 2.32 bits per heavy atom. The number of fused-ring (bicyclic) bond motifs is 5. The summed E-state index contributed by atoms with van der Waals surface area (Å²) in [5, 5.41) is 32.0. The Morgan fingerprint density at radius 1 is 0.927 bits per heavy atom. The summed E-state index contributed by atoms with van der Waals surface area (Å²) in [7, 11) is 0. The van der Waals surface area contributed by atoms with Crippen molar-refractivity contribution >= 4 is 0 Å². The SMILES string of the molecule is CC(C)=CCC[C@H](C)[C@H]1CC[C@]2(C)[C@@H]1[C@H](O)CC1[C@@]3(C)CC[C@H](O[C@H]4C[C@@H](O)C[C@@H](CO)O4)C(C)(C)C3CC[C@]12C. The average Bonchev–Trinajstić information content (AvgIpc) is 3.26. The second-order valence-corrected chi connectivity index (χ2v) is 16.8. The fourth-order valence-corrected chi connectivity index (χ4v) is 11.9. The molecule has 3 N–H and O–H groups in total. The highest BCUT2D eigenvalue weighted by Gasteiger charge is 2.70. The van der Waals surface area contributed by atoms with Crippen molar-refractivity contribution in [2.45, 2.75) is 157 Å². The Morgan fingerprint density at radius 2 is 1.63 bits per heavy atom. The lowest BCUT2D eigenvalue weighted by atomic mass is 9.35. The van der Waals surface area contributed by atoms with Crippen molar-refractivity contribution in [3.8, 4) is 0 Å². The van der Waals surface area contributed by atoms with Crippen LogP contribution in [0.1, 0.15) is 126 Å². The van der Waals surface area contributed by atoms with Crippen molar-refractivity contribution in [1.82, 2.24) is 0 Å². The van der Waals surface area contributed by atoms with Crippen molar-refractivity contribution in [2.75, 3.05) is 6.61 Å². The molecule has 0 aromatic rings. The first kappa shape index (κ1) is 31.9. The summed E-state index contributed by atoms with van der Waals surface area (Å²) in [5.41, 5.74) is 1.97. The van der Waals surface area contributed by atoms with Gasteiger partial charge < -0.3 is 24.8 Å². The van der Waals surface area contributed by atoms with Crippen molar-refractivity contribution in [2.24, 2.45) is 51.2 Å². The minimum Gasteiger partial charge on any atom is -0.394 e. The summed E-state index contributed by atoms with van der Waals surface area (Å²) in [6, 6.07) is 0. The molecule has 0 aromatic carbocycles. The van der Waals surface area contributed by atoms with Crippen molar-refractivity contribution < 1.29 is 24.8 Å². The zero-order chi connectivity index (χ0) is 30.0. The second-order valence-electron chi connectivity index (χ2n) is 16.8. The van der Waals surface area contributed by atoms with Gasteiger partial charge in [0.1, 0.15) is 0 Å². The van der Waals surface area contributed by atoms with Crippen molar-refractivity contribution in [3.05, 3.63) is 11.6 Å². The molecule has 5 aliphatic rings. The van der Waals surface area contributed by atoms with Gasteiger partial charge in [-0.15, -0.1) is 0 Å². The van der Waals surface area contributed by atoms with Crippen LogP contribution in [-0.2, 0) is 9.47 Å².